The SMILES string of the molecule is CCc1cc(-c2cc(Cl)ccc2OCCn2c(N)nc3cc(Cl)cc(C#N)c3c2=O)c2scc(C(=O)O)c2n1. The molecule has 5 aromatic rings. The van der Waals surface area contributed by atoms with Gasteiger partial charge in [0.15, 0.2) is 0 Å². The Morgan fingerprint density at radius 1 is 1.18 bits per heavy atom. The van der Waals surface area contributed by atoms with Crippen molar-refractivity contribution in [2.75, 3.05) is 12.3 Å². The second-order valence-electron chi connectivity index (χ2n) is 8.52. The van der Waals surface area contributed by atoms with E-state index in [4.69, 9.17) is 33.7 Å². The van der Waals surface area contributed by atoms with E-state index < -0.39 is 11.5 Å². The van der Waals surface area contributed by atoms with Gasteiger partial charge in [0.2, 0.25) is 5.95 Å². The summed E-state index contributed by atoms with van der Waals surface area (Å²) in [6, 6.07) is 11.9. The molecule has 0 atom stereocenters. The Morgan fingerprint density at radius 2 is 1.97 bits per heavy atom. The summed E-state index contributed by atoms with van der Waals surface area (Å²) in [5.41, 5.74) is 8.59. The third-order valence-corrected chi connectivity index (χ3v) is 7.60. The standard InChI is InChI=1S/C27H19Cl2N5O4S/c1-2-16-10-18(24-23(32-16)19(12-39-24)26(36)37)17-8-14(28)3-4-21(17)38-6-5-34-25(35)22-13(11-30)7-15(29)9-20(22)33-27(34)31/h3-4,7-10,12H,2,5-6H2,1H3,(H2,31,33)(H,36,37). The first kappa shape index (κ1) is 26.4. The number of ether oxygens (including phenoxy) is 1. The van der Waals surface area contributed by atoms with Gasteiger partial charge in [-0.05, 0) is 42.8 Å². The number of nitrogens with zero attached hydrogens (tertiary/aromatic N) is 4. The number of halogens is 2. The average Bonchev–Trinajstić information content (AvgIpc) is 3.34. The molecule has 0 saturated heterocycles. The van der Waals surface area contributed by atoms with Crippen LogP contribution in [0.5, 0.6) is 5.75 Å². The predicted molar refractivity (Wildman–Crippen MR) is 152 cm³/mol. The highest BCUT2D eigenvalue weighted by Crippen LogP contribution is 2.40. The van der Waals surface area contributed by atoms with Gasteiger partial charge in [-0.3, -0.25) is 14.3 Å². The number of carboxylic acids is 1. The highest BCUT2D eigenvalue weighted by atomic mass is 35.5. The van der Waals surface area contributed by atoms with Gasteiger partial charge in [0, 0.05) is 32.2 Å². The number of hydrogen-bond acceptors (Lipinski definition) is 8. The predicted octanol–water partition coefficient (Wildman–Crippen LogP) is 5.77. The van der Waals surface area contributed by atoms with Crippen LogP contribution >= 0.6 is 34.5 Å². The number of aromatic carboxylic acids is 1. The molecule has 12 heteroatoms. The Hall–Kier alpha value is -4.17. The molecule has 0 spiro atoms. The molecule has 0 amide bonds. The summed E-state index contributed by atoms with van der Waals surface area (Å²) in [4.78, 5) is 33.8. The number of fused-ring (bicyclic) bond motifs is 2. The van der Waals surface area contributed by atoms with Gasteiger partial charge in [-0.25, -0.2) is 9.78 Å². The van der Waals surface area contributed by atoms with E-state index in [0.717, 1.165) is 11.3 Å². The molecule has 0 radical (unpaired) electrons. The van der Waals surface area contributed by atoms with Crippen LogP contribution in [-0.4, -0.2) is 32.2 Å². The number of benzene rings is 2. The van der Waals surface area contributed by atoms with Gasteiger partial charge in [-0.1, -0.05) is 30.1 Å². The molecule has 39 heavy (non-hydrogen) atoms. The van der Waals surface area contributed by atoms with Crippen molar-refractivity contribution < 1.29 is 14.6 Å². The lowest BCUT2D eigenvalue weighted by Crippen LogP contribution is -2.27. The van der Waals surface area contributed by atoms with Crippen molar-refractivity contribution in [2.45, 2.75) is 19.9 Å². The van der Waals surface area contributed by atoms with Crippen LogP contribution in [0.1, 0.15) is 28.5 Å². The molecule has 0 aliphatic rings. The lowest BCUT2D eigenvalue weighted by atomic mass is 10.0. The molecule has 196 valence electrons. The minimum Gasteiger partial charge on any atom is -0.491 e. The Bertz CT molecular complexity index is 1890. The number of aryl methyl sites for hydroxylation is 1. The summed E-state index contributed by atoms with van der Waals surface area (Å²) in [5, 5.41) is 21.6. The normalized spacial score (nSPS) is 11.1. The maximum Gasteiger partial charge on any atom is 0.338 e. The van der Waals surface area contributed by atoms with Gasteiger partial charge < -0.3 is 15.6 Å². The fourth-order valence-corrected chi connectivity index (χ4v) is 5.71. The summed E-state index contributed by atoms with van der Waals surface area (Å²) >= 11 is 13.7. The first-order valence-electron chi connectivity index (χ1n) is 11.7. The molecule has 0 saturated carbocycles. The molecular formula is C27H19Cl2N5O4S. The molecule has 5 rings (SSSR count). The summed E-state index contributed by atoms with van der Waals surface area (Å²) in [5.74, 6) is -0.615. The zero-order valence-electron chi connectivity index (χ0n) is 20.4. The fourth-order valence-electron chi connectivity index (χ4n) is 4.31. The van der Waals surface area contributed by atoms with E-state index in [0.29, 0.717) is 33.0 Å². The minimum atomic E-state index is -1.05. The Labute approximate surface area is 235 Å². The molecular weight excluding hydrogens is 561 g/mol. The lowest BCUT2D eigenvalue weighted by Gasteiger charge is -2.15. The fraction of sp³-hybridized carbons (Fsp3) is 0.148. The van der Waals surface area contributed by atoms with Crippen LogP contribution in [0.2, 0.25) is 10.0 Å². The number of carbonyl (C=O) groups is 1. The molecule has 0 bridgehead atoms. The van der Waals surface area contributed by atoms with Gasteiger partial charge in [-0.2, -0.15) is 5.26 Å². The van der Waals surface area contributed by atoms with Crippen LogP contribution in [0.15, 0.2) is 46.6 Å². The van der Waals surface area contributed by atoms with Crippen LogP contribution in [0.25, 0.3) is 32.2 Å². The van der Waals surface area contributed by atoms with Gasteiger partial charge in [0.25, 0.3) is 5.56 Å². The Morgan fingerprint density at radius 3 is 2.69 bits per heavy atom. The summed E-state index contributed by atoms with van der Waals surface area (Å²) < 4.78 is 8.04. The summed E-state index contributed by atoms with van der Waals surface area (Å²) in [6.45, 7) is 2.03. The Balaban J connectivity index is 1.53. The van der Waals surface area contributed by atoms with Gasteiger partial charge in [0.1, 0.15) is 18.4 Å². The summed E-state index contributed by atoms with van der Waals surface area (Å²) in [6.07, 6.45) is 0.599. The van der Waals surface area contributed by atoms with E-state index in [2.05, 4.69) is 9.97 Å². The minimum absolute atomic E-state index is 0.0400. The number of hydrogen-bond donors (Lipinski definition) is 2. The van der Waals surface area contributed by atoms with Crippen molar-refractivity contribution >= 4 is 67.6 Å². The molecule has 0 fully saturated rings. The number of thiophene rings is 1. The molecule has 0 unspecified atom stereocenters. The quantitative estimate of drug-likeness (QED) is 0.247. The van der Waals surface area contributed by atoms with Crippen molar-refractivity contribution in [1.82, 2.24) is 14.5 Å². The highest BCUT2D eigenvalue weighted by molar-refractivity contribution is 7.18. The van der Waals surface area contributed by atoms with Gasteiger partial charge in [0.05, 0.1) is 38.8 Å². The van der Waals surface area contributed by atoms with E-state index in [9.17, 15) is 20.0 Å². The molecule has 3 aromatic heterocycles. The smallest absolute Gasteiger partial charge is 0.338 e. The van der Waals surface area contributed by atoms with Gasteiger partial charge >= 0.3 is 5.97 Å². The van der Waals surface area contributed by atoms with Crippen LogP contribution in [-0.2, 0) is 13.0 Å². The number of rotatable bonds is 7. The van der Waals surface area contributed by atoms with Crippen LogP contribution in [0.4, 0.5) is 5.95 Å². The average molecular weight is 580 g/mol. The molecule has 2 aromatic carbocycles. The van der Waals surface area contributed by atoms with Crippen LogP contribution < -0.4 is 16.0 Å². The van der Waals surface area contributed by atoms with Crippen LogP contribution in [0.3, 0.4) is 0 Å². The van der Waals surface area contributed by atoms with E-state index in [-0.39, 0.29) is 46.2 Å². The van der Waals surface area contributed by atoms with E-state index in [1.807, 2.05) is 19.1 Å². The number of nitriles is 1. The number of carboxylic acid groups (broad SMARTS) is 1. The van der Waals surface area contributed by atoms with Gasteiger partial charge in [-0.15, -0.1) is 11.3 Å². The number of aromatic nitrogens is 3. The zero-order valence-corrected chi connectivity index (χ0v) is 22.7. The second kappa shape index (κ2) is 10.5. The summed E-state index contributed by atoms with van der Waals surface area (Å²) in [7, 11) is 0. The molecule has 3 N–H and O–H groups in total. The van der Waals surface area contributed by atoms with E-state index >= 15 is 0 Å². The topological polar surface area (TPSA) is 144 Å². The zero-order chi connectivity index (χ0) is 27.8. The Kier molecular flexibility index (Phi) is 7.14. The monoisotopic (exact) mass is 579 g/mol. The number of anilines is 1. The van der Waals surface area contributed by atoms with Crippen molar-refractivity contribution in [3.05, 3.63) is 79.0 Å². The van der Waals surface area contributed by atoms with Crippen molar-refractivity contribution in [2.24, 2.45) is 0 Å². The maximum absolute atomic E-state index is 13.2. The maximum atomic E-state index is 13.2. The highest BCUT2D eigenvalue weighted by Gasteiger charge is 2.20. The van der Waals surface area contributed by atoms with Crippen molar-refractivity contribution in [3.63, 3.8) is 0 Å². The second-order valence-corrected chi connectivity index (χ2v) is 10.3. The lowest BCUT2D eigenvalue weighted by molar-refractivity contribution is 0.0699. The third-order valence-electron chi connectivity index (χ3n) is 6.15. The number of pyridine rings is 1. The largest absolute Gasteiger partial charge is 0.491 e. The first-order chi connectivity index (χ1) is 18.7. The van der Waals surface area contributed by atoms with E-state index in [1.54, 1.807) is 23.6 Å². The van der Waals surface area contributed by atoms with E-state index in [1.165, 1.54) is 28.0 Å². The molecule has 0 aliphatic carbocycles. The van der Waals surface area contributed by atoms with Crippen LogP contribution in [0, 0.1) is 11.3 Å². The third kappa shape index (κ3) is 4.88. The molecule has 3 heterocycles. The molecule has 0 aliphatic heterocycles. The van der Waals surface area contributed by atoms with Crippen molar-refractivity contribution in [3.8, 4) is 22.9 Å². The first-order valence-corrected chi connectivity index (χ1v) is 13.3. The number of nitrogens with two attached hydrogens (primary N) is 1. The number of nitrogen functional groups attached to an aromatic ring is 1. The van der Waals surface area contributed by atoms with Crippen molar-refractivity contribution in [1.29, 1.82) is 5.26 Å². The molecule has 9 nitrogen and oxygen atoms in total.